The monoisotopic (exact) mass is 228 g/mol. The van der Waals surface area contributed by atoms with Crippen molar-refractivity contribution in [1.82, 2.24) is 5.43 Å². The molecule has 3 N–H and O–H groups in total. The molecule has 0 amide bonds. The van der Waals surface area contributed by atoms with Gasteiger partial charge in [-0.2, -0.15) is 0 Å². The molecule has 1 aromatic rings. The fraction of sp³-hybridized carbons (Fsp3) is 0.636. The van der Waals surface area contributed by atoms with E-state index < -0.39 is 0 Å². The number of methoxy groups -OCH3 is 1. The third-order valence-electron chi connectivity index (χ3n) is 2.40. The van der Waals surface area contributed by atoms with E-state index in [0.29, 0.717) is 5.92 Å². The lowest BCUT2D eigenvalue weighted by molar-refractivity contribution is 0.149. The van der Waals surface area contributed by atoms with Crippen molar-refractivity contribution < 1.29 is 4.74 Å². The maximum absolute atomic E-state index is 5.57. The first-order valence-electron chi connectivity index (χ1n) is 5.18. The predicted octanol–water partition coefficient (Wildman–Crippen LogP) is 2.23. The molecule has 3 nitrogen and oxygen atoms in total. The molecule has 1 aromatic heterocycles. The summed E-state index contributed by atoms with van der Waals surface area (Å²) >= 11 is 1.80. The third-order valence-corrected chi connectivity index (χ3v) is 3.51. The second-order valence-corrected chi connectivity index (χ2v) is 5.28. The van der Waals surface area contributed by atoms with Gasteiger partial charge in [-0.15, -0.1) is 11.3 Å². The highest BCUT2D eigenvalue weighted by molar-refractivity contribution is 7.12. The fourth-order valence-corrected chi connectivity index (χ4v) is 2.61. The number of aryl methyl sites for hydroxylation is 1. The van der Waals surface area contributed by atoms with Gasteiger partial charge >= 0.3 is 0 Å². The normalized spacial score (nSPS) is 15.2. The van der Waals surface area contributed by atoms with Gasteiger partial charge in [0.05, 0.1) is 6.04 Å². The average molecular weight is 228 g/mol. The molecular formula is C11H20N2OS. The summed E-state index contributed by atoms with van der Waals surface area (Å²) < 4.78 is 5.12. The van der Waals surface area contributed by atoms with Gasteiger partial charge in [0, 0.05) is 23.5 Å². The van der Waals surface area contributed by atoms with Crippen LogP contribution in [-0.4, -0.2) is 13.7 Å². The Hall–Kier alpha value is -0.420. The Bertz CT molecular complexity index is 288. The first-order valence-corrected chi connectivity index (χ1v) is 6.00. The third kappa shape index (κ3) is 3.91. The van der Waals surface area contributed by atoms with Gasteiger partial charge in [-0.3, -0.25) is 11.3 Å². The van der Waals surface area contributed by atoms with Crippen molar-refractivity contribution in [1.29, 1.82) is 0 Å². The van der Waals surface area contributed by atoms with Crippen LogP contribution in [0.4, 0.5) is 0 Å². The quantitative estimate of drug-likeness (QED) is 0.580. The summed E-state index contributed by atoms with van der Waals surface area (Å²) in [6, 6.07) is 4.52. The van der Waals surface area contributed by atoms with Crippen LogP contribution < -0.4 is 11.3 Å². The molecule has 1 rings (SSSR count). The highest BCUT2D eigenvalue weighted by atomic mass is 32.1. The van der Waals surface area contributed by atoms with Crippen LogP contribution in [0.1, 0.15) is 29.1 Å². The van der Waals surface area contributed by atoms with Gasteiger partial charge in [0.25, 0.3) is 0 Å². The first kappa shape index (κ1) is 12.6. The fourth-order valence-electron chi connectivity index (χ4n) is 1.66. The molecule has 0 aliphatic heterocycles. The molecule has 2 unspecified atom stereocenters. The number of nitrogens with one attached hydrogen (secondary N) is 1. The minimum absolute atomic E-state index is 0.244. The van der Waals surface area contributed by atoms with Crippen LogP contribution in [0.2, 0.25) is 0 Å². The van der Waals surface area contributed by atoms with Crippen molar-refractivity contribution in [3.05, 3.63) is 21.9 Å². The molecule has 0 aliphatic carbocycles. The summed E-state index contributed by atoms with van der Waals surface area (Å²) in [5, 5.41) is 0. The second-order valence-electron chi connectivity index (χ2n) is 3.96. The standard InChI is InChI=1S/C11H20N2OS/c1-8(7-14-3)6-10(13-12)11-5-4-9(2)15-11/h4-5,8,10,13H,6-7,12H2,1-3H3. The van der Waals surface area contributed by atoms with E-state index in [1.807, 2.05) is 0 Å². The molecule has 4 heteroatoms. The number of nitrogens with two attached hydrogens (primary N) is 1. The van der Waals surface area contributed by atoms with Gasteiger partial charge in [0.1, 0.15) is 0 Å². The summed E-state index contributed by atoms with van der Waals surface area (Å²) in [6.45, 7) is 5.07. The zero-order valence-corrected chi connectivity index (χ0v) is 10.4. The molecule has 0 saturated heterocycles. The first-order chi connectivity index (χ1) is 7.17. The number of hydrazine groups is 1. The Morgan fingerprint density at radius 3 is 2.73 bits per heavy atom. The van der Waals surface area contributed by atoms with E-state index >= 15 is 0 Å². The molecule has 0 bridgehead atoms. The lowest BCUT2D eigenvalue weighted by atomic mass is 10.0. The van der Waals surface area contributed by atoms with Crippen LogP contribution >= 0.6 is 11.3 Å². The van der Waals surface area contributed by atoms with Crippen LogP contribution in [0, 0.1) is 12.8 Å². The molecule has 0 saturated carbocycles. The summed E-state index contributed by atoms with van der Waals surface area (Å²) in [4.78, 5) is 2.63. The lowest BCUT2D eigenvalue weighted by Gasteiger charge is -2.18. The Labute approximate surface area is 95.6 Å². The number of thiophene rings is 1. The van der Waals surface area contributed by atoms with Crippen molar-refractivity contribution >= 4 is 11.3 Å². The molecule has 0 aliphatic rings. The Kier molecular flexibility index (Phi) is 5.25. The van der Waals surface area contributed by atoms with E-state index in [1.54, 1.807) is 18.4 Å². The van der Waals surface area contributed by atoms with E-state index in [-0.39, 0.29) is 6.04 Å². The van der Waals surface area contributed by atoms with Gasteiger partial charge in [-0.05, 0) is 31.4 Å². The molecule has 0 spiro atoms. The molecule has 86 valence electrons. The SMILES string of the molecule is COCC(C)CC(NN)c1ccc(C)s1. The van der Waals surface area contributed by atoms with Crippen LogP contribution in [0.25, 0.3) is 0 Å². The van der Waals surface area contributed by atoms with E-state index in [2.05, 4.69) is 31.4 Å². The van der Waals surface area contributed by atoms with E-state index in [1.165, 1.54) is 9.75 Å². The van der Waals surface area contributed by atoms with Crippen molar-refractivity contribution in [2.75, 3.05) is 13.7 Å². The van der Waals surface area contributed by atoms with Gasteiger partial charge in [-0.1, -0.05) is 6.92 Å². The van der Waals surface area contributed by atoms with Crippen molar-refractivity contribution in [3.8, 4) is 0 Å². The lowest BCUT2D eigenvalue weighted by Crippen LogP contribution is -2.29. The Balaban J connectivity index is 2.56. The molecule has 0 fully saturated rings. The largest absolute Gasteiger partial charge is 0.384 e. The molecule has 0 aromatic carbocycles. The summed E-state index contributed by atoms with van der Waals surface area (Å²) in [6.07, 6.45) is 1.00. The molecule has 0 radical (unpaired) electrons. The van der Waals surface area contributed by atoms with Crippen molar-refractivity contribution in [2.24, 2.45) is 11.8 Å². The topological polar surface area (TPSA) is 47.3 Å². The van der Waals surface area contributed by atoms with Crippen LogP contribution in [0.15, 0.2) is 12.1 Å². The van der Waals surface area contributed by atoms with Crippen molar-refractivity contribution in [2.45, 2.75) is 26.3 Å². The molecule has 15 heavy (non-hydrogen) atoms. The highest BCUT2D eigenvalue weighted by Crippen LogP contribution is 2.27. The van der Waals surface area contributed by atoms with E-state index in [0.717, 1.165) is 13.0 Å². The maximum Gasteiger partial charge on any atom is 0.0556 e. The molecule has 1 heterocycles. The minimum Gasteiger partial charge on any atom is -0.384 e. The number of rotatable bonds is 6. The number of ether oxygens (including phenoxy) is 1. The van der Waals surface area contributed by atoms with E-state index in [9.17, 15) is 0 Å². The molecule has 2 atom stereocenters. The molecular weight excluding hydrogens is 208 g/mol. The average Bonchev–Trinajstić information content (AvgIpc) is 2.61. The zero-order chi connectivity index (χ0) is 11.3. The van der Waals surface area contributed by atoms with E-state index in [4.69, 9.17) is 10.6 Å². The van der Waals surface area contributed by atoms with Crippen molar-refractivity contribution in [3.63, 3.8) is 0 Å². The number of hydrogen-bond donors (Lipinski definition) is 2. The van der Waals surface area contributed by atoms with Gasteiger partial charge < -0.3 is 4.74 Å². The smallest absolute Gasteiger partial charge is 0.0556 e. The Morgan fingerprint density at radius 2 is 2.27 bits per heavy atom. The predicted molar refractivity (Wildman–Crippen MR) is 64.8 cm³/mol. The Morgan fingerprint density at radius 1 is 1.53 bits per heavy atom. The highest BCUT2D eigenvalue weighted by Gasteiger charge is 2.15. The second kappa shape index (κ2) is 6.23. The summed E-state index contributed by atoms with van der Waals surface area (Å²) in [7, 11) is 1.73. The summed E-state index contributed by atoms with van der Waals surface area (Å²) in [5.41, 5.74) is 2.88. The zero-order valence-electron chi connectivity index (χ0n) is 9.62. The maximum atomic E-state index is 5.57. The van der Waals surface area contributed by atoms with Crippen LogP contribution in [-0.2, 0) is 4.74 Å². The van der Waals surface area contributed by atoms with Gasteiger partial charge in [-0.25, -0.2) is 0 Å². The number of hydrogen-bond acceptors (Lipinski definition) is 4. The van der Waals surface area contributed by atoms with Gasteiger partial charge in [0.2, 0.25) is 0 Å². The minimum atomic E-state index is 0.244. The summed E-state index contributed by atoms with van der Waals surface area (Å²) in [5.74, 6) is 6.09. The van der Waals surface area contributed by atoms with Crippen LogP contribution in [0.3, 0.4) is 0 Å². The van der Waals surface area contributed by atoms with Gasteiger partial charge in [0.15, 0.2) is 0 Å². The van der Waals surface area contributed by atoms with Crippen LogP contribution in [0.5, 0.6) is 0 Å².